The Morgan fingerprint density at radius 1 is 1.28 bits per heavy atom. The van der Waals surface area contributed by atoms with Gasteiger partial charge in [0.15, 0.2) is 0 Å². The van der Waals surface area contributed by atoms with Crippen molar-refractivity contribution >= 4 is 11.6 Å². The predicted molar refractivity (Wildman–Crippen MR) is 79.3 cm³/mol. The van der Waals surface area contributed by atoms with Crippen molar-refractivity contribution in [3.05, 3.63) is 30.1 Å². The zero-order valence-electron chi connectivity index (χ0n) is 11.4. The SMILES string of the molecule is CCCCCCl.c1ccc(C2CCNCC2)nc1. The van der Waals surface area contributed by atoms with Crippen molar-refractivity contribution < 1.29 is 0 Å². The molecule has 1 aromatic heterocycles. The van der Waals surface area contributed by atoms with Gasteiger partial charge in [-0.3, -0.25) is 4.98 Å². The number of rotatable bonds is 4. The summed E-state index contributed by atoms with van der Waals surface area (Å²) in [4.78, 5) is 4.37. The van der Waals surface area contributed by atoms with Crippen LogP contribution in [0.1, 0.15) is 50.6 Å². The molecule has 0 spiro atoms. The average molecular weight is 269 g/mol. The summed E-state index contributed by atoms with van der Waals surface area (Å²) in [5.74, 6) is 1.51. The summed E-state index contributed by atoms with van der Waals surface area (Å²) in [7, 11) is 0. The number of nitrogens with one attached hydrogen (secondary N) is 1. The maximum Gasteiger partial charge on any atom is 0.0435 e. The Morgan fingerprint density at radius 3 is 2.56 bits per heavy atom. The van der Waals surface area contributed by atoms with Gasteiger partial charge in [0.25, 0.3) is 0 Å². The molecule has 1 aliphatic rings. The van der Waals surface area contributed by atoms with Gasteiger partial charge in [0.05, 0.1) is 0 Å². The molecule has 0 saturated carbocycles. The maximum absolute atomic E-state index is 5.38. The number of halogens is 1. The van der Waals surface area contributed by atoms with Crippen molar-refractivity contribution in [2.24, 2.45) is 0 Å². The van der Waals surface area contributed by atoms with Crippen LogP contribution < -0.4 is 5.32 Å². The lowest BCUT2D eigenvalue weighted by Gasteiger charge is -2.21. The smallest absolute Gasteiger partial charge is 0.0435 e. The van der Waals surface area contributed by atoms with E-state index in [2.05, 4.69) is 29.4 Å². The molecule has 0 bridgehead atoms. The van der Waals surface area contributed by atoms with Crippen molar-refractivity contribution in [1.82, 2.24) is 10.3 Å². The highest BCUT2D eigenvalue weighted by molar-refractivity contribution is 6.17. The first-order valence-electron chi connectivity index (χ1n) is 7.06. The quantitative estimate of drug-likeness (QED) is 0.660. The molecule has 0 unspecified atom stereocenters. The second-order valence-electron chi connectivity index (χ2n) is 4.67. The van der Waals surface area contributed by atoms with Crippen LogP contribution in [0.5, 0.6) is 0 Å². The zero-order chi connectivity index (χ0) is 13.1. The fraction of sp³-hybridized carbons (Fsp3) is 0.667. The van der Waals surface area contributed by atoms with Crippen molar-refractivity contribution in [1.29, 1.82) is 0 Å². The summed E-state index contributed by atoms with van der Waals surface area (Å²) in [6, 6.07) is 6.19. The van der Waals surface area contributed by atoms with E-state index in [-0.39, 0.29) is 0 Å². The predicted octanol–water partition coefficient (Wildman–Crippen LogP) is 3.96. The Kier molecular flexibility index (Phi) is 8.87. The monoisotopic (exact) mass is 268 g/mol. The molecule has 2 nitrogen and oxygen atoms in total. The Bertz CT molecular complexity index is 280. The van der Waals surface area contributed by atoms with Gasteiger partial charge in [0.1, 0.15) is 0 Å². The van der Waals surface area contributed by atoms with Crippen LogP contribution in [-0.4, -0.2) is 24.0 Å². The summed E-state index contributed by atoms with van der Waals surface area (Å²) in [5.41, 5.74) is 1.26. The topological polar surface area (TPSA) is 24.9 Å². The van der Waals surface area contributed by atoms with E-state index in [4.69, 9.17) is 11.6 Å². The van der Waals surface area contributed by atoms with Gasteiger partial charge in [-0.05, 0) is 44.5 Å². The second-order valence-corrected chi connectivity index (χ2v) is 5.05. The van der Waals surface area contributed by atoms with Gasteiger partial charge in [0, 0.05) is 23.7 Å². The van der Waals surface area contributed by atoms with E-state index < -0.39 is 0 Å². The molecule has 0 radical (unpaired) electrons. The number of aromatic nitrogens is 1. The lowest BCUT2D eigenvalue weighted by molar-refractivity contribution is 0.453. The number of nitrogens with zero attached hydrogens (tertiary/aromatic N) is 1. The molecule has 102 valence electrons. The molecule has 3 heteroatoms. The van der Waals surface area contributed by atoms with Crippen LogP contribution in [0, 0.1) is 0 Å². The standard InChI is InChI=1S/C10H14N2.C5H11Cl/c1-2-6-12-10(3-1)9-4-7-11-8-5-9;1-2-3-4-5-6/h1-3,6,9,11H,4-5,7-8H2;2-5H2,1H3. The van der Waals surface area contributed by atoms with E-state index in [0.717, 1.165) is 19.0 Å². The van der Waals surface area contributed by atoms with Crippen LogP contribution in [0.4, 0.5) is 0 Å². The van der Waals surface area contributed by atoms with Gasteiger partial charge < -0.3 is 5.32 Å². The van der Waals surface area contributed by atoms with E-state index in [1.54, 1.807) is 0 Å². The molecule has 0 aromatic carbocycles. The number of unbranched alkanes of at least 4 members (excludes halogenated alkanes) is 2. The number of hydrogen-bond donors (Lipinski definition) is 1. The molecule has 1 saturated heterocycles. The van der Waals surface area contributed by atoms with Crippen LogP contribution in [0.3, 0.4) is 0 Å². The molecule has 18 heavy (non-hydrogen) atoms. The van der Waals surface area contributed by atoms with E-state index in [9.17, 15) is 0 Å². The lowest BCUT2D eigenvalue weighted by atomic mass is 9.94. The first-order chi connectivity index (χ1) is 8.88. The second kappa shape index (κ2) is 10.3. The van der Waals surface area contributed by atoms with Gasteiger partial charge in [-0.2, -0.15) is 0 Å². The van der Waals surface area contributed by atoms with E-state index in [1.807, 2.05) is 12.3 Å². The minimum absolute atomic E-state index is 0.687. The third-order valence-corrected chi connectivity index (χ3v) is 3.45. The fourth-order valence-corrected chi connectivity index (χ4v) is 2.27. The molecule has 0 amide bonds. The minimum atomic E-state index is 0.687. The fourth-order valence-electron chi connectivity index (χ4n) is 2.08. The molecule has 1 N–H and O–H groups in total. The molecule has 1 aromatic rings. The Balaban J connectivity index is 0.000000232. The van der Waals surface area contributed by atoms with Crippen LogP contribution in [0.15, 0.2) is 24.4 Å². The van der Waals surface area contributed by atoms with E-state index >= 15 is 0 Å². The normalized spacial score (nSPS) is 15.9. The van der Waals surface area contributed by atoms with Crippen molar-refractivity contribution in [3.8, 4) is 0 Å². The lowest BCUT2D eigenvalue weighted by Crippen LogP contribution is -2.26. The zero-order valence-corrected chi connectivity index (χ0v) is 12.1. The summed E-state index contributed by atoms with van der Waals surface area (Å²) in [6.07, 6.45) is 8.08. The van der Waals surface area contributed by atoms with Gasteiger partial charge in [-0.1, -0.05) is 25.8 Å². The minimum Gasteiger partial charge on any atom is -0.317 e. The van der Waals surface area contributed by atoms with Gasteiger partial charge >= 0.3 is 0 Å². The number of alkyl halides is 1. The third kappa shape index (κ3) is 6.36. The summed E-state index contributed by atoms with van der Waals surface area (Å²) in [5, 5.41) is 3.36. The first kappa shape index (κ1) is 15.5. The van der Waals surface area contributed by atoms with E-state index in [1.165, 1.54) is 37.8 Å². The van der Waals surface area contributed by atoms with Gasteiger partial charge in [0.2, 0.25) is 0 Å². The van der Waals surface area contributed by atoms with Crippen molar-refractivity contribution in [3.63, 3.8) is 0 Å². The third-order valence-electron chi connectivity index (χ3n) is 3.18. The summed E-state index contributed by atoms with van der Waals surface area (Å²) >= 11 is 5.38. The first-order valence-corrected chi connectivity index (χ1v) is 7.59. The molecule has 1 aliphatic heterocycles. The summed E-state index contributed by atoms with van der Waals surface area (Å²) < 4.78 is 0. The summed E-state index contributed by atoms with van der Waals surface area (Å²) in [6.45, 7) is 4.45. The van der Waals surface area contributed by atoms with Crippen LogP contribution in [0.25, 0.3) is 0 Å². The largest absolute Gasteiger partial charge is 0.317 e. The van der Waals surface area contributed by atoms with Crippen LogP contribution >= 0.6 is 11.6 Å². The average Bonchev–Trinajstić information content (AvgIpc) is 2.48. The van der Waals surface area contributed by atoms with Crippen molar-refractivity contribution in [2.45, 2.75) is 44.9 Å². The molecular formula is C15H25ClN2. The Labute approximate surface area is 116 Å². The van der Waals surface area contributed by atoms with Crippen LogP contribution in [0.2, 0.25) is 0 Å². The molecule has 2 heterocycles. The number of pyridine rings is 1. The highest BCUT2D eigenvalue weighted by Crippen LogP contribution is 2.22. The molecular weight excluding hydrogens is 244 g/mol. The van der Waals surface area contributed by atoms with Gasteiger partial charge in [-0.25, -0.2) is 0 Å². The number of piperidine rings is 1. The highest BCUT2D eigenvalue weighted by atomic mass is 35.5. The molecule has 0 atom stereocenters. The van der Waals surface area contributed by atoms with Gasteiger partial charge in [-0.15, -0.1) is 11.6 Å². The maximum atomic E-state index is 5.38. The number of hydrogen-bond acceptors (Lipinski definition) is 2. The molecule has 0 aliphatic carbocycles. The Morgan fingerprint density at radius 2 is 2.06 bits per heavy atom. The van der Waals surface area contributed by atoms with E-state index in [0.29, 0.717) is 5.92 Å². The van der Waals surface area contributed by atoms with Crippen molar-refractivity contribution in [2.75, 3.05) is 19.0 Å². The Hall–Kier alpha value is -0.600. The highest BCUT2D eigenvalue weighted by Gasteiger charge is 2.15. The molecule has 1 fully saturated rings. The van der Waals surface area contributed by atoms with Crippen LogP contribution in [-0.2, 0) is 0 Å². The molecule has 2 rings (SSSR count).